The molecule has 0 aliphatic heterocycles. The van der Waals surface area contributed by atoms with Crippen molar-refractivity contribution >= 4 is 11.1 Å². The Morgan fingerprint density at radius 3 is 2.40 bits per heavy atom. The van der Waals surface area contributed by atoms with Crippen LogP contribution in [0.3, 0.4) is 0 Å². The maximum Gasteiger partial charge on any atom is 0.226 e. The molecule has 0 aromatic carbocycles. The summed E-state index contributed by atoms with van der Waals surface area (Å²) in [5.41, 5.74) is 2.16. The van der Waals surface area contributed by atoms with E-state index in [9.17, 15) is 0 Å². The molecule has 0 fully saturated rings. The first-order valence-electron chi connectivity index (χ1n) is 5.42. The van der Waals surface area contributed by atoms with E-state index in [1.165, 1.54) is 5.56 Å². The Hall–Kier alpha value is -1.31. The van der Waals surface area contributed by atoms with Gasteiger partial charge >= 0.3 is 0 Å². The summed E-state index contributed by atoms with van der Waals surface area (Å²) in [7, 11) is 0. The third kappa shape index (κ3) is 2.38. The van der Waals surface area contributed by atoms with Crippen LogP contribution in [0.5, 0.6) is 0 Å². The average molecular weight is 205 g/mol. The van der Waals surface area contributed by atoms with Crippen molar-refractivity contribution < 1.29 is 4.42 Å². The minimum atomic E-state index is 0.144. The highest BCUT2D eigenvalue weighted by Crippen LogP contribution is 2.28. The lowest BCUT2D eigenvalue weighted by atomic mass is 9.86. The van der Waals surface area contributed by atoms with Gasteiger partial charge in [-0.3, -0.25) is 0 Å². The third-order valence-corrected chi connectivity index (χ3v) is 2.18. The van der Waals surface area contributed by atoms with Crippen LogP contribution in [0.25, 0.3) is 11.1 Å². The largest absolute Gasteiger partial charge is 0.446 e. The average Bonchev–Trinajstić information content (AvgIpc) is 2.66. The number of aromatic nitrogens is 1. The van der Waals surface area contributed by atoms with Gasteiger partial charge in [0.1, 0.15) is 0 Å². The minimum absolute atomic E-state index is 0.144. The molecule has 0 saturated heterocycles. The molecule has 0 aliphatic carbocycles. The Bertz CT molecular complexity index is 423. The van der Waals surface area contributed by atoms with Gasteiger partial charge in [0.25, 0.3) is 0 Å². The molecule has 0 spiro atoms. The molecule has 2 nitrogen and oxygen atoms in total. The smallest absolute Gasteiger partial charge is 0.226 e. The Balaban J connectivity index is 0.000000531. The van der Waals surface area contributed by atoms with Crippen molar-refractivity contribution in [1.82, 2.24) is 4.98 Å². The quantitative estimate of drug-likeness (QED) is 0.645. The van der Waals surface area contributed by atoms with E-state index in [0.717, 1.165) is 11.1 Å². The summed E-state index contributed by atoms with van der Waals surface area (Å²) < 4.78 is 5.24. The molecule has 0 unspecified atom stereocenters. The molecule has 0 bridgehead atoms. The fourth-order valence-corrected chi connectivity index (χ4v) is 1.53. The highest BCUT2D eigenvalue weighted by molar-refractivity contribution is 5.78. The van der Waals surface area contributed by atoms with Crippen LogP contribution < -0.4 is 0 Å². The Morgan fingerprint density at radius 1 is 1.13 bits per heavy atom. The molecule has 0 aliphatic rings. The molecule has 0 N–H and O–H groups in total. The van der Waals surface area contributed by atoms with E-state index in [1.54, 1.807) is 12.5 Å². The summed E-state index contributed by atoms with van der Waals surface area (Å²) in [6, 6.07) is 4.03. The fourth-order valence-electron chi connectivity index (χ4n) is 1.53. The molecule has 0 atom stereocenters. The van der Waals surface area contributed by atoms with Crippen LogP contribution in [0.2, 0.25) is 0 Å². The lowest BCUT2D eigenvalue weighted by Gasteiger charge is -2.19. The Morgan fingerprint density at radius 2 is 1.80 bits per heavy atom. The summed E-state index contributed by atoms with van der Waals surface area (Å²) >= 11 is 0. The standard InChI is InChI=1S/C11H13NO.C2H6/c1-11(2,3)9-4-6-12-10-8(9)5-7-13-10;1-2/h4-7H,1-3H3;1-2H3. The molecular weight excluding hydrogens is 186 g/mol. The Kier molecular flexibility index (Phi) is 3.51. The molecule has 2 rings (SSSR count). The van der Waals surface area contributed by atoms with Crippen LogP contribution in [0.15, 0.2) is 29.0 Å². The monoisotopic (exact) mass is 205 g/mol. The van der Waals surface area contributed by atoms with Crippen LogP contribution in [0.4, 0.5) is 0 Å². The van der Waals surface area contributed by atoms with E-state index in [-0.39, 0.29) is 5.41 Å². The maximum atomic E-state index is 5.24. The lowest BCUT2D eigenvalue weighted by molar-refractivity contribution is 0.587. The van der Waals surface area contributed by atoms with Gasteiger partial charge in [0.15, 0.2) is 0 Å². The van der Waals surface area contributed by atoms with Crippen molar-refractivity contribution in [2.45, 2.75) is 40.0 Å². The summed E-state index contributed by atoms with van der Waals surface area (Å²) in [6.07, 6.45) is 3.49. The molecule has 2 aromatic heterocycles. The number of fused-ring (bicyclic) bond motifs is 1. The fraction of sp³-hybridized carbons (Fsp3) is 0.462. The van der Waals surface area contributed by atoms with Gasteiger partial charge in [-0.25, -0.2) is 4.98 Å². The van der Waals surface area contributed by atoms with Gasteiger partial charge in [0.05, 0.1) is 6.26 Å². The van der Waals surface area contributed by atoms with E-state index in [0.29, 0.717) is 0 Å². The summed E-state index contributed by atoms with van der Waals surface area (Å²) in [5.74, 6) is 0. The molecule has 2 heterocycles. The first kappa shape index (κ1) is 11.8. The van der Waals surface area contributed by atoms with Crippen LogP contribution in [0.1, 0.15) is 40.2 Å². The first-order chi connectivity index (χ1) is 7.09. The highest BCUT2D eigenvalue weighted by atomic mass is 16.3. The van der Waals surface area contributed by atoms with Crippen molar-refractivity contribution in [3.63, 3.8) is 0 Å². The lowest BCUT2D eigenvalue weighted by Crippen LogP contribution is -2.11. The first-order valence-corrected chi connectivity index (χ1v) is 5.42. The second kappa shape index (κ2) is 4.47. The van der Waals surface area contributed by atoms with E-state index in [4.69, 9.17) is 4.42 Å². The minimum Gasteiger partial charge on any atom is -0.446 e. The second-order valence-electron chi connectivity index (χ2n) is 4.25. The zero-order valence-electron chi connectivity index (χ0n) is 10.2. The SMILES string of the molecule is CC.CC(C)(C)c1ccnc2occc12. The zero-order chi connectivity index (χ0) is 11.5. The van der Waals surface area contributed by atoms with Gasteiger partial charge < -0.3 is 4.42 Å². The van der Waals surface area contributed by atoms with Crippen molar-refractivity contribution in [3.05, 3.63) is 30.2 Å². The van der Waals surface area contributed by atoms with Gasteiger partial charge in [-0.1, -0.05) is 34.6 Å². The van der Waals surface area contributed by atoms with Crippen LogP contribution in [-0.2, 0) is 5.41 Å². The summed E-state index contributed by atoms with van der Waals surface area (Å²) in [5, 5.41) is 1.12. The molecule has 15 heavy (non-hydrogen) atoms. The third-order valence-electron chi connectivity index (χ3n) is 2.18. The molecule has 82 valence electrons. The van der Waals surface area contributed by atoms with Gasteiger partial charge in [-0.05, 0) is 23.1 Å². The topological polar surface area (TPSA) is 26.0 Å². The van der Waals surface area contributed by atoms with Gasteiger partial charge in [-0.2, -0.15) is 0 Å². The molecule has 0 saturated carbocycles. The second-order valence-corrected chi connectivity index (χ2v) is 4.25. The van der Waals surface area contributed by atoms with Gasteiger partial charge in [-0.15, -0.1) is 0 Å². The van der Waals surface area contributed by atoms with Crippen molar-refractivity contribution in [1.29, 1.82) is 0 Å². The number of hydrogen-bond acceptors (Lipinski definition) is 2. The normalized spacial score (nSPS) is 11.0. The molecule has 2 aromatic rings. The number of furan rings is 1. The highest BCUT2D eigenvalue weighted by Gasteiger charge is 2.17. The zero-order valence-corrected chi connectivity index (χ0v) is 10.2. The molecule has 2 heteroatoms. The van der Waals surface area contributed by atoms with Crippen LogP contribution in [-0.4, -0.2) is 4.98 Å². The van der Waals surface area contributed by atoms with E-state index in [2.05, 4.69) is 31.8 Å². The number of pyridine rings is 1. The summed E-state index contributed by atoms with van der Waals surface area (Å²) in [6.45, 7) is 10.6. The van der Waals surface area contributed by atoms with E-state index >= 15 is 0 Å². The predicted octanol–water partition coefficient (Wildman–Crippen LogP) is 4.15. The Labute approximate surface area is 91.3 Å². The van der Waals surface area contributed by atoms with E-state index in [1.807, 2.05) is 19.9 Å². The van der Waals surface area contributed by atoms with Crippen molar-refractivity contribution in [3.8, 4) is 0 Å². The van der Waals surface area contributed by atoms with Crippen LogP contribution in [0, 0.1) is 0 Å². The number of hydrogen-bond donors (Lipinski definition) is 0. The molecule has 0 amide bonds. The van der Waals surface area contributed by atoms with Crippen LogP contribution >= 0.6 is 0 Å². The van der Waals surface area contributed by atoms with Crippen molar-refractivity contribution in [2.75, 3.05) is 0 Å². The summed E-state index contributed by atoms with van der Waals surface area (Å²) in [4.78, 5) is 4.15. The number of rotatable bonds is 0. The molecule has 0 radical (unpaired) electrons. The maximum absolute atomic E-state index is 5.24. The van der Waals surface area contributed by atoms with Gasteiger partial charge in [0, 0.05) is 11.6 Å². The van der Waals surface area contributed by atoms with E-state index < -0.39 is 0 Å². The number of nitrogens with zero attached hydrogens (tertiary/aromatic N) is 1. The van der Waals surface area contributed by atoms with Crippen molar-refractivity contribution in [2.24, 2.45) is 0 Å². The van der Waals surface area contributed by atoms with Gasteiger partial charge in [0.2, 0.25) is 5.71 Å². The predicted molar refractivity (Wildman–Crippen MR) is 64.1 cm³/mol. The molecular formula is C13H19NO.